The molecule has 0 nitrogen and oxygen atoms in total. The Kier molecular flexibility index (Phi) is 6.39. The Labute approximate surface area is 151 Å². The molecule has 2 aromatic rings. The minimum atomic E-state index is -2.77. The molecule has 122 valence electrons. The van der Waals surface area contributed by atoms with Gasteiger partial charge in [-0.2, -0.15) is 45.5 Å². The summed E-state index contributed by atoms with van der Waals surface area (Å²) in [6, 6.07) is 9.93. The van der Waals surface area contributed by atoms with E-state index in [2.05, 4.69) is 24.3 Å². The van der Waals surface area contributed by atoms with Crippen LogP contribution in [0.2, 0.25) is 0 Å². The summed E-state index contributed by atoms with van der Waals surface area (Å²) in [7, 11) is 0. The van der Waals surface area contributed by atoms with Gasteiger partial charge >= 0.3 is 29.7 Å². The van der Waals surface area contributed by atoms with Crippen LogP contribution in [0.4, 0.5) is 5.25 Å². The molecule has 2 aromatic carbocycles. The summed E-state index contributed by atoms with van der Waals surface area (Å²) in [6.45, 7) is 0. The van der Waals surface area contributed by atoms with Crippen molar-refractivity contribution in [2.75, 3.05) is 0 Å². The molecule has 3 heteroatoms. The number of aryl methyl sites for hydroxylation is 6. The molecule has 0 unspecified atom stereocenters. The fraction of sp³-hybridized carbons (Fsp3) is 0.500. The minimum Gasteiger partial charge on any atom is -0.207 e. The first kappa shape index (κ1) is 17.3. The Morgan fingerprint density at radius 3 is 1.52 bits per heavy atom. The molecule has 0 fully saturated rings. The molecular weight excluding hydrogens is 369 g/mol. The predicted octanol–water partition coefficient (Wildman–Crippen LogP) is 5.51. The summed E-state index contributed by atoms with van der Waals surface area (Å²) in [4.78, 5) is 0. The Morgan fingerprint density at radius 1 is 0.739 bits per heavy atom. The second-order valence-corrected chi connectivity index (χ2v) is 7.16. The molecule has 0 saturated carbocycles. The molecule has 0 atom stereocenters. The van der Waals surface area contributed by atoms with Crippen molar-refractivity contribution in [3.05, 3.63) is 57.6 Å². The van der Waals surface area contributed by atoms with E-state index < -0.39 is 24.5 Å². The smallest absolute Gasteiger partial charge is 0.0493 e. The van der Waals surface area contributed by atoms with Gasteiger partial charge < -0.3 is 0 Å². The zero-order valence-corrected chi connectivity index (χ0v) is 16.1. The van der Waals surface area contributed by atoms with Crippen molar-refractivity contribution in [2.24, 2.45) is 0 Å². The van der Waals surface area contributed by atoms with Crippen LogP contribution in [0.1, 0.15) is 59.1 Å². The summed E-state index contributed by atoms with van der Waals surface area (Å²) in [5.74, 6) is 0. The van der Waals surface area contributed by atoms with E-state index in [1.165, 1.54) is 64.2 Å². The number of hydrogen-bond acceptors (Lipinski definition) is 0. The van der Waals surface area contributed by atoms with E-state index in [-0.39, 0.29) is 0 Å². The van der Waals surface area contributed by atoms with E-state index >= 15 is 0 Å². The van der Waals surface area contributed by atoms with Crippen LogP contribution < -0.4 is 0 Å². The number of fused-ring (bicyclic) bond motifs is 2. The van der Waals surface area contributed by atoms with Crippen molar-refractivity contribution in [1.82, 2.24) is 0 Å². The Hall–Kier alpha value is -0.557. The molecule has 2 aliphatic carbocycles. The molecule has 0 amide bonds. The molecule has 4 rings (SSSR count). The molecule has 0 spiro atoms. The van der Waals surface area contributed by atoms with Crippen LogP contribution in [0.25, 0.3) is 0 Å². The van der Waals surface area contributed by atoms with Crippen LogP contribution >= 0.6 is 0 Å². The standard InChI is InChI=1S/C20H24.2FH.Zr/c1-2-6-18-12-15(11-17(18)5-1)9-10-16-13-19-7-3-4-8-20(19)14-16;;;/h11-14H,1-10H2;2*1H;/q-2;;;+4/p-2. The van der Waals surface area contributed by atoms with Gasteiger partial charge in [-0.3, -0.25) is 0 Å². The first-order chi connectivity index (χ1) is 11.3. The van der Waals surface area contributed by atoms with Gasteiger partial charge in [0.15, 0.2) is 0 Å². The average Bonchev–Trinajstić information content (AvgIpc) is 3.16. The molecule has 0 aliphatic heterocycles. The van der Waals surface area contributed by atoms with E-state index in [0.29, 0.717) is 0 Å². The third kappa shape index (κ3) is 4.50. The van der Waals surface area contributed by atoms with E-state index in [4.69, 9.17) is 0 Å². The minimum absolute atomic E-state index is 1.23. The largest absolute Gasteiger partial charge is 0.207 e. The van der Waals surface area contributed by atoms with Gasteiger partial charge in [-0.25, -0.2) is 12.1 Å². The number of halogens is 2. The molecule has 0 bridgehead atoms. The Balaban J connectivity index is 0.000000485. The van der Waals surface area contributed by atoms with Crippen molar-refractivity contribution >= 4 is 0 Å². The average molecular weight is 394 g/mol. The van der Waals surface area contributed by atoms with Gasteiger partial charge in [0.1, 0.15) is 0 Å². The van der Waals surface area contributed by atoms with Gasteiger partial charge in [-0.1, -0.05) is 51.4 Å². The number of rotatable bonds is 3. The first-order valence-electron chi connectivity index (χ1n) is 8.81. The summed E-state index contributed by atoms with van der Waals surface area (Å²) in [5.41, 5.74) is 9.74. The van der Waals surface area contributed by atoms with Crippen molar-refractivity contribution in [3.63, 3.8) is 0 Å². The molecule has 2 aliphatic rings. The quantitative estimate of drug-likeness (QED) is 0.604. The molecule has 0 aromatic heterocycles. The summed E-state index contributed by atoms with van der Waals surface area (Å²) >= 11 is -2.77. The fourth-order valence-corrected chi connectivity index (χ4v) is 4.12. The van der Waals surface area contributed by atoms with Gasteiger partial charge in [0.05, 0.1) is 0 Å². The number of hydrogen-bond donors (Lipinski definition) is 0. The van der Waals surface area contributed by atoms with Gasteiger partial charge in [-0.15, -0.1) is 0 Å². The molecule has 0 heterocycles. The van der Waals surface area contributed by atoms with Crippen LogP contribution in [0.5, 0.6) is 0 Å². The topological polar surface area (TPSA) is 0 Å². The maximum atomic E-state index is 9.80. The monoisotopic (exact) mass is 392 g/mol. The van der Waals surface area contributed by atoms with Gasteiger partial charge in [0.25, 0.3) is 0 Å². The zero-order chi connectivity index (χ0) is 16.1. The van der Waals surface area contributed by atoms with Gasteiger partial charge in [0, 0.05) is 0 Å². The fourth-order valence-electron chi connectivity index (χ4n) is 4.12. The Bertz CT molecular complexity index is 522. The summed E-state index contributed by atoms with van der Waals surface area (Å²) < 4.78 is 19.6. The Morgan fingerprint density at radius 2 is 1.13 bits per heavy atom. The van der Waals surface area contributed by atoms with E-state index in [1.54, 1.807) is 33.4 Å². The summed E-state index contributed by atoms with van der Waals surface area (Å²) in [6.07, 6.45) is 13.3. The van der Waals surface area contributed by atoms with Crippen molar-refractivity contribution in [3.8, 4) is 0 Å². The third-order valence-electron chi connectivity index (χ3n) is 5.25. The molecule has 0 saturated heterocycles. The maximum Gasteiger partial charge on any atom is -0.0493 e. The van der Waals surface area contributed by atoms with Crippen LogP contribution in [-0.4, -0.2) is 0 Å². The van der Waals surface area contributed by atoms with Crippen molar-refractivity contribution < 1.29 is 29.7 Å². The summed E-state index contributed by atoms with van der Waals surface area (Å²) in [5, 5.41) is 0. The van der Waals surface area contributed by atoms with Crippen LogP contribution in [0, 0.1) is 0 Å². The van der Waals surface area contributed by atoms with Crippen molar-refractivity contribution in [1.29, 1.82) is 0 Å². The molecular formula is C20H24F2Zr. The van der Waals surface area contributed by atoms with Crippen LogP contribution in [0.3, 0.4) is 0 Å². The van der Waals surface area contributed by atoms with Crippen molar-refractivity contribution in [2.45, 2.75) is 64.2 Å². The maximum absolute atomic E-state index is 9.80. The SMILES string of the molecule is [F][Zr+2][F].c1c(CCc2cc3c([cH-]2)CCCC3)[cH-]c2c1CCCC2. The molecule has 23 heavy (non-hydrogen) atoms. The van der Waals surface area contributed by atoms with Crippen LogP contribution in [0.15, 0.2) is 24.3 Å². The second-order valence-electron chi connectivity index (χ2n) is 6.81. The molecule has 0 radical (unpaired) electrons. The zero-order valence-electron chi connectivity index (χ0n) is 13.6. The van der Waals surface area contributed by atoms with E-state index in [9.17, 15) is 5.25 Å². The third-order valence-corrected chi connectivity index (χ3v) is 5.25. The van der Waals surface area contributed by atoms with Crippen LogP contribution in [-0.2, 0) is 63.0 Å². The predicted molar refractivity (Wildman–Crippen MR) is 87.0 cm³/mol. The van der Waals surface area contributed by atoms with Gasteiger partial charge in [-0.05, 0) is 12.8 Å². The van der Waals surface area contributed by atoms with E-state index in [1.807, 2.05) is 0 Å². The normalized spacial score (nSPS) is 15.9. The first-order valence-corrected chi connectivity index (χ1v) is 10.7. The molecule has 0 N–H and O–H groups in total. The second kappa shape index (κ2) is 8.51. The van der Waals surface area contributed by atoms with Gasteiger partial charge in [0.2, 0.25) is 0 Å². The van der Waals surface area contributed by atoms with E-state index in [0.717, 1.165) is 0 Å².